The summed E-state index contributed by atoms with van der Waals surface area (Å²) in [6.45, 7) is 4.64. The van der Waals surface area contributed by atoms with Crippen LogP contribution in [-0.4, -0.2) is 47.1 Å². The molecule has 1 aromatic heterocycles. The molecule has 0 unspecified atom stereocenters. The van der Waals surface area contributed by atoms with Crippen LogP contribution in [0.4, 0.5) is 20.3 Å². The molecule has 10 heteroatoms. The lowest BCUT2D eigenvalue weighted by Gasteiger charge is -2.31. The fourth-order valence-electron chi connectivity index (χ4n) is 3.67. The van der Waals surface area contributed by atoms with Crippen molar-refractivity contribution in [2.45, 2.75) is 18.9 Å². The molecule has 1 aliphatic heterocycles. The van der Waals surface area contributed by atoms with Gasteiger partial charge in [-0.15, -0.1) is 0 Å². The van der Waals surface area contributed by atoms with Gasteiger partial charge in [-0.2, -0.15) is 0 Å². The zero-order chi connectivity index (χ0) is 23.5. The maximum absolute atomic E-state index is 14.4. The first kappa shape index (κ1) is 22.7. The molecular formula is C23H21ClF2N4O3. The standard InChI is InChI=1S/C23H21ClF2N4O3/c1-3-20(31)30-8-6-13(7-9-30)33-19-10-14-17(11-18(19)32-2)27-12-28-23(14)29-16-5-4-15(25)21(24)22(16)26/h3-5,10-13H,1,6-9H2,2H3,(H,27,28,29). The second kappa shape index (κ2) is 9.58. The van der Waals surface area contributed by atoms with Gasteiger partial charge in [0, 0.05) is 37.4 Å². The Hall–Kier alpha value is -3.46. The number of fused-ring (bicyclic) bond motifs is 1. The third-order valence-corrected chi connectivity index (χ3v) is 5.78. The maximum Gasteiger partial charge on any atom is 0.245 e. The van der Waals surface area contributed by atoms with Crippen LogP contribution in [0.1, 0.15) is 12.8 Å². The van der Waals surface area contributed by atoms with Crippen molar-refractivity contribution >= 4 is 39.9 Å². The molecule has 3 aromatic rings. The second-order valence-electron chi connectivity index (χ2n) is 7.44. The van der Waals surface area contributed by atoms with E-state index in [9.17, 15) is 13.6 Å². The van der Waals surface area contributed by atoms with Gasteiger partial charge in [0.2, 0.25) is 5.91 Å². The Morgan fingerprint density at radius 1 is 1.24 bits per heavy atom. The number of methoxy groups -OCH3 is 1. The first-order chi connectivity index (χ1) is 15.9. The van der Waals surface area contributed by atoms with E-state index in [0.29, 0.717) is 54.2 Å². The smallest absolute Gasteiger partial charge is 0.245 e. The maximum atomic E-state index is 14.4. The van der Waals surface area contributed by atoms with Gasteiger partial charge in [-0.05, 0) is 24.3 Å². The van der Waals surface area contributed by atoms with Gasteiger partial charge in [0.25, 0.3) is 0 Å². The summed E-state index contributed by atoms with van der Waals surface area (Å²) in [5.41, 5.74) is 0.510. The number of hydrogen-bond acceptors (Lipinski definition) is 6. The number of aromatic nitrogens is 2. The topological polar surface area (TPSA) is 76.6 Å². The Kier molecular flexibility index (Phi) is 6.60. The summed E-state index contributed by atoms with van der Waals surface area (Å²) in [6.07, 6.45) is 3.80. The molecule has 0 atom stereocenters. The molecule has 0 aliphatic carbocycles. The van der Waals surface area contributed by atoms with Gasteiger partial charge >= 0.3 is 0 Å². The monoisotopic (exact) mass is 474 g/mol. The van der Waals surface area contributed by atoms with Crippen molar-refractivity contribution in [1.82, 2.24) is 14.9 Å². The van der Waals surface area contributed by atoms with Crippen molar-refractivity contribution in [3.63, 3.8) is 0 Å². The zero-order valence-corrected chi connectivity index (χ0v) is 18.5. The SMILES string of the molecule is C=CC(=O)N1CCC(Oc2cc3c(Nc4ccc(F)c(Cl)c4F)ncnc3cc2OC)CC1. The normalized spacial score (nSPS) is 14.2. The number of likely N-dealkylation sites (tertiary alicyclic amines) is 1. The second-order valence-corrected chi connectivity index (χ2v) is 7.81. The number of nitrogens with one attached hydrogen (secondary N) is 1. The lowest BCUT2D eigenvalue weighted by atomic mass is 10.1. The van der Waals surface area contributed by atoms with E-state index in [1.165, 1.54) is 25.6 Å². The first-order valence-electron chi connectivity index (χ1n) is 10.2. The Bertz CT molecular complexity index is 1220. The summed E-state index contributed by atoms with van der Waals surface area (Å²) in [5, 5.41) is 2.79. The highest BCUT2D eigenvalue weighted by Gasteiger charge is 2.24. The molecule has 1 amide bonds. The number of amides is 1. The number of halogens is 3. The van der Waals surface area contributed by atoms with Crippen molar-refractivity contribution < 1.29 is 23.0 Å². The van der Waals surface area contributed by atoms with E-state index in [0.717, 1.165) is 6.07 Å². The summed E-state index contributed by atoms with van der Waals surface area (Å²) >= 11 is 5.69. The van der Waals surface area contributed by atoms with E-state index in [-0.39, 0.29) is 17.7 Å². The van der Waals surface area contributed by atoms with Crippen LogP contribution in [0.2, 0.25) is 5.02 Å². The van der Waals surface area contributed by atoms with Crippen molar-refractivity contribution in [3.05, 3.63) is 59.9 Å². The van der Waals surface area contributed by atoms with E-state index in [2.05, 4.69) is 21.9 Å². The van der Waals surface area contributed by atoms with E-state index in [1.54, 1.807) is 17.0 Å². The van der Waals surface area contributed by atoms with Crippen molar-refractivity contribution in [1.29, 1.82) is 0 Å². The third-order valence-electron chi connectivity index (χ3n) is 5.43. The Labute approximate surface area is 194 Å². The number of carbonyl (C=O) groups excluding carboxylic acids is 1. The van der Waals surface area contributed by atoms with Crippen LogP contribution in [0.5, 0.6) is 11.5 Å². The minimum absolute atomic E-state index is 0.0288. The lowest BCUT2D eigenvalue weighted by Crippen LogP contribution is -2.41. The molecule has 0 saturated carbocycles. The van der Waals surface area contributed by atoms with Crippen molar-refractivity contribution in [3.8, 4) is 11.5 Å². The number of nitrogens with zero attached hydrogens (tertiary/aromatic N) is 3. The quantitative estimate of drug-likeness (QED) is 0.406. The van der Waals surface area contributed by atoms with Gasteiger partial charge in [0.05, 0.1) is 18.3 Å². The molecule has 2 aromatic carbocycles. The average molecular weight is 475 g/mol. The highest BCUT2D eigenvalue weighted by Crippen LogP contribution is 2.37. The summed E-state index contributed by atoms with van der Waals surface area (Å²) in [6, 6.07) is 5.71. The molecule has 0 bridgehead atoms. The van der Waals surface area contributed by atoms with Crippen molar-refractivity contribution in [2.24, 2.45) is 0 Å². The Balaban J connectivity index is 1.63. The number of rotatable bonds is 6. The Morgan fingerprint density at radius 3 is 2.70 bits per heavy atom. The van der Waals surface area contributed by atoms with Gasteiger partial charge in [0.15, 0.2) is 17.3 Å². The van der Waals surface area contributed by atoms with E-state index in [1.807, 2.05) is 0 Å². The van der Waals surface area contributed by atoms with Gasteiger partial charge in [-0.3, -0.25) is 4.79 Å². The highest BCUT2D eigenvalue weighted by molar-refractivity contribution is 6.31. The number of hydrogen-bond donors (Lipinski definition) is 1. The summed E-state index contributed by atoms with van der Waals surface area (Å²) < 4.78 is 39.6. The molecule has 2 heterocycles. The molecule has 1 N–H and O–H groups in total. The predicted molar refractivity (Wildman–Crippen MR) is 121 cm³/mol. The number of benzene rings is 2. The molecule has 1 saturated heterocycles. The van der Waals surface area contributed by atoms with E-state index < -0.39 is 16.7 Å². The van der Waals surface area contributed by atoms with Gasteiger partial charge in [-0.25, -0.2) is 18.7 Å². The number of anilines is 2. The zero-order valence-electron chi connectivity index (χ0n) is 17.8. The minimum atomic E-state index is -0.922. The van der Waals surface area contributed by atoms with Crippen LogP contribution in [0.25, 0.3) is 10.9 Å². The molecule has 0 spiro atoms. The molecule has 33 heavy (non-hydrogen) atoms. The Morgan fingerprint density at radius 2 is 2.00 bits per heavy atom. The molecule has 172 valence electrons. The largest absolute Gasteiger partial charge is 0.493 e. The molecule has 7 nitrogen and oxygen atoms in total. The first-order valence-corrected chi connectivity index (χ1v) is 10.6. The van der Waals surface area contributed by atoms with Crippen LogP contribution in [-0.2, 0) is 4.79 Å². The minimum Gasteiger partial charge on any atom is -0.493 e. The predicted octanol–water partition coefficient (Wildman–Crippen LogP) is 4.87. The van der Waals surface area contributed by atoms with Crippen LogP contribution < -0.4 is 14.8 Å². The van der Waals surface area contributed by atoms with E-state index >= 15 is 0 Å². The van der Waals surface area contributed by atoms with Crippen LogP contribution in [0.15, 0.2) is 43.2 Å². The van der Waals surface area contributed by atoms with Gasteiger partial charge < -0.3 is 19.7 Å². The summed E-state index contributed by atoms with van der Waals surface area (Å²) in [4.78, 5) is 22.0. The fraction of sp³-hybridized carbons (Fsp3) is 0.261. The molecule has 0 radical (unpaired) electrons. The number of carbonyl (C=O) groups is 1. The lowest BCUT2D eigenvalue weighted by molar-refractivity contribution is -0.127. The highest BCUT2D eigenvalue weighted by atomic mass is 35.5. The van der Waals surface area contributed by atoms with Crippen molar-refractivity contribution in [2.75, 3.05) is 25.5 Å². The molecular weight excluding hydrogens is 454 g/mol. The van der Waals surface area contributed by atoms with E-state index in [4.69, 9.17) is 21.1 Å². The van der Waals surface area contributed by atoms with Crippen LogP contribution >= 0.6 is 11.6 Å². The third kappa shape index (κ3) is 4.68. The van der Waals surface area contributed by atoms with Crippen LogP contribution in [0, 0.1) is 11.6 Å². The summed E-state index contributed by atoms with van der Waals surface area (Å²) in [7, 11) is 1.52. The number of piperidine rings is 1. The van der Waals surface area contributed by atoms with Gasteiger partial charge in [0.1, 0.15) is 29.1 Å². The molecule has 1 aliphatic rings. The molecule has 1 fully saturated rings. The van der Waals surface area contributed by atoms with Crippen LogP contribution in [0.3, 0.4) is 0 Å². The van der Waals surface area contributed by atoms with Gasteiger partial charge in [-0.1, -0.05) is 18.2 Å². The molecule has 4 rings (SSSR count). The fourth-order valence-corrected chi connectivity index (χ4v) is 3.83. The summed E-state index contributed by atoms with van der Waals surface area (Å²) in [5.74, 6) is -0.636. The average Bonchev–Trinajstić information content (AvgIpc) is 2.84. The number of ether oxygens (including phenoxy) is 2.